The molecule has 2 fully saturated rings. The van der Waals surface area contributed by atoms with Crippen LogP contribution in [0.25, 0.3) is 6.08 Å². The summed E-state index contributed by atoms with van der Waals surface area (Å²) in [5, 5.41) is 10.7. The van der Waals surface area contributed by atoms with Crippen LogP contribution in [-0.4, -0.2) is 69.1 Å². The fourth-order valence-electron chi connectivity index (χ4n) is 3.81. The maximum atomic E-state index is 13.4. The van der Waals surface area contributed by atoms with Crippen molar-refractivity contribution in [3.05, 3.63) is 60.2 Å². The smallest absolute Gasteiger partial charge is 0.411 e. The highest BCUT2D eigenvalue weighted by molar-refractivity contribution is 7.94. The maximum Gasteiger partial charge on any atom is 0.411 e. The van der Waals surface area contributed by atoms with Crippen LogP contribution in [0.15, 0.2) is 54.5 Å². The number of pyridine rings is 2. The number of carbonyl (C=O) groups is 3. The number of β-lactam (4-membered cyclic amide) rings is 1. The van der Waals surface area contributed by atoms with Crippen molar-refractivity contribution < 1.29 is 32.6 Å². The number of aromatic nitrogens is 2. The Kier molecular flexibility index (Phi) is 5.17. The van der Waals surface area contributed by atoms with E-state index < -0.39 is 50.6 Å². The van der Waals surface area contributed by atoms with Crippen LogP contribution in [0, 0.1) is 0 Å². The number of nitrogens with zero attached hydrogens (tertiary/aromatic N) is 3. The van der Waals surface area contributed by atoms with Gasteiger partial charge in [-0.2, -0.15) is 0 Å². The molecule has 2 aromatic rings. The minimum absolute atomic E-state index is 0.0834. The molecule has 12 heteroatoms. The average Bonchev–Trinajstić information content (AvgIpc) is 2.93. The van der Waals surface area contributed by atoms with Crippen molar-refractivity contribution in [3.8, 4) is 0 Å². The topological polar surface area (TPSA) is 156 Å². The van der Waals surface area contributed by atoms with Crippen LogP contribution in [0.4, 0.5) is 10.5 Å². The van der Waals surface area contributed by atoms with Gasteiger partial charge in [0.05, 0.1) is 11.3 Å². The Morgan fingerprint density at radius 2 is 1.97 bits per heavy atom. The van der Waals surface area contributed by atoms with Crippen molar-refractivity contribution in [1.82, 2.24) is 14.9 Å². The van der Waals surface area contributed by atoms with Crippen LogP contribution in [0.2, 0.25) is 0 Å². The first-order chi connectivity index (χ1) is 15.2. The molecule has 4 heterocycles. The summed E-state index contributed by atoms with van der Waals surface area (Å²) in [6.07, 6.45) is 4.70. The van der Waals surface area contributed by atoms with Crippen molar-refractivity contribution in [1.29, 1.82) is 0 Å². The van der Waals surface area contributed by atoms with Crippen LogP contribution in [0.1, 0.15) is 12.6 Å². The molecule has 0 aliphatic carbocycles. The van der Waals surface area contributed by atoms with E-state index in [1.54, 1.807) is 18.2 Å². The summed E-state index contributed by atoms with van der Waals surface area (Å²) in [4.78, 5) is 45.5. The van der Waals surface area contributed by atoms with E-state index in [1.165, 1.54) is 36.8 Å². The molecule has 2 saturated heterocycles. The number of rotatable bonds is 5. The van der Waals surface area contributed by atoms with Crippen molar-refractivity contribution in [2.45, 2.75) is 23.1 Å². The van der Waals surface area contributed by atoms with E-state index in [1.807, 2.05) is 0 Å². The summed E-state index contributed by atoms with van der Waals surface area (Å²) < 4.78 is 29.8. The number of aliphatic carboxylic acids is 1. The number of carboxylic acids is 1. The summed E-state index contributed by atoms with van der Waals surface area (Å²) in [6, 6.07) is 6.19. The summed E-state index contributed by atoms with van der Waals surface area (Å²) in [5.41, 5.74) is 0.637. The van der Waals surface area contributed by atoms with E-state index in [4.69, 9.17) is 4.74 Å². The van der Waals surface area contributed by atoms with Crippen LogP contribution >= 0.6 is 0 Å². The fraction of sp³-hybridized carbons (Fsp3) is 0.250. The molecule has 11 nitrogen and oxygen atoms in total. The second-order valence-electron chi connectivity index (χ2n) is 7.45. The zero-order valence-electron chi connectivity index (χ0n) is 16.7. The van der Waals surface area contributed by atoms with E-state index in [2.05, 4.69) is 15.3 Å². The van der Waals surface area contributed by atoms with Crippen molar-refractivity contribution in [2.75, 3.05) is 11.9 Å². The van der Waals surface area contributed by atoms with Gasteiger partial charge in [0.2, 0.25) is 0 Å². The van der Waals surface area contributed by atoms with E-state index in [9.17, 15) is 27.9 Å². The Balaban J connectivity index is 1.61. The Labute approximate surface area is 182 Å². The summed E-state index contributed by atoms with van der Waals surface area (Å²) in [6.45, 7) is 0.394. The van der Waals surface area contributed by atoms with Gasteiger partial charge in [-0.15, -0.1) is 0 Å². The Morgan fingerprint density at radius 1 is 1.25 bits per heavy atom. The Bertz CT molecular complexity index is 1220. The van der Waals surface area contributed by atoms with Gasteiger partial charge in [0.1, 0.15) is 11.4 Å². The first-order valence-electron chi connectivity index (χ1n) is 9.42. The first kappa shape index (κ1) is 21.4. The molecule has 2 amide bonds. The number of carbonyl (C=O) groups excluding carboxylic acids is 2. The van der Waals surface area contributed by atoms with Gasteiger partial charge >= 0.3 is 12.1 Å². The number of carboxylic acid groups (broad SMARTS) is 1. The highest BCUT2D eigenvalue weighted by atomic mass is 32.2. The lowest BCUT2D eigenvalue weighted by atomic mass is 9.94. The number of hydrogen-bond donors (Lipinski definition) is 2. The SMILES string of the molecule is C[C@]1(COC(=O)Nc2ccncc2)[C@H](C(=O)O)N2C(=O)/C(=C/c3ccccn3)[C@H]2S1(=O)=O. The molecule has 3 atom stereocenters. The quantitative estimate of drug-likeness (QED) is 0.491. The highest BCUT2D eigenvalue weighted by Crippen LogP contribution is 2.49. The van der Waals surface area contributed by atoms with E-state index in [-0.39, 0.29) is 5.57 Å². The highest BCUT2D eigenvalue weighted by Gasteiger charge is 2.72. The molecule has 0 saturated carbocycles. The number of amides is 2. The molecule has 2 aliphatic heterocycles. The number of fused-ring (bicyclic) bond motifs is 1. The van der Waals surface area contributed by atoms with E-state index >= 15 is 0 Å². The van der Waals surface area contributed by atoms with Gasteiger partial charge in [-0.1, -0.05) is 6.07 Å². The maximum absolute atomic E-state index is 13.4. The molecule has 0 radical (unpaired) electrons. The molecular weight excluding hydrogens is 440 g/mol. The number of hydrogen-bond acceptors (Lipinski definition) is 8. The monoisotopic (exact) mass is 458 g/mol. The Hall–Kier alpha value is -3.80. The molecule has 0 aromatic carbocycles. The molecule has 32 heavy (non-hydrogen) atoms. The van der Waals surface area contributed by atoms with Crippen LogP contribution < -0.4 is 5.32 Å². The van der Waals surface area contributed by atoms with Gasteiger partial charge < -0.3 is 14.7 Å². The van der Waals surface area contributed by atoms with Crippen molar-refractivity contribution >= 4 is 39.6 Å². The molecule has 4 rings (SSSR count). The summed E-state index contributed by atoms with van der Waals surface area (Å²) >= 11 is 0. The van der Waals surface area contributed by atoms with Crippen LogP contribution in [0.3, 0.4) is 0 Å². The summed E-state index contributed by atoms with van der Waals surface area (Å²) in [5.74, 6) is -2.23. The lowest BCUT2D eigenvalue weighted by Crippen LogP contribution is -2.59. The standard InChI is InChI=1S/C20H18N4O7S/c1-20(11-31-19(28)23-12-5-8-21-9-6-12)15(18(26)27)24-16(25)14(17(24)32(20,29)30)10-13-4-2-3-7-22-13/h2-10,15,17H,11H2,1H3,(H,26,27)(H,21,23,28)/b14-10-/t15-,17+,20-/m0/s1. The molecule has 0 bridgehead atoms. The minimum atomic E-state index is -4.28. The lowest BCUT2D eigenvalue weighted by Gasteiger charge is -2.37. The third kappa shape index (κ3) is 3.28. The Morgan fingerprint density at radius 3 is 2.59 bits per heavy atom. The lowest BCUT2D eigenvalue weighted by molar-refractivity contribution is -0.153. The zero-order valence-corrected chi connectivity index (χ0v) is 17.5. The molecule has 166 valence electrons. The second kappa shape index (κ2) is 7.71. The second-order valence-corrected chi connectivity index (χ2v) is 9.92. The number of sulfone groups is 1. The molecule has 2 aliphatic rings. The van der Waals surface area contributed by atoms with Gasteiger partial charge in [0.15, 0.2) is 21.3 Å². The third-order valence-corrected chi connectivity index (χ3v) is 8.15. The van der Waals surface area contributed by atoms with E-state index in [0.717, 1.165) is 11.8 Å². The molecule has 2 aromatic heterocycles. The van der Waals surface area contributed by atoms with Gasteiger partial charge in [0, 0.05) is 24.3 Å². The fourth-order valence-corrected chi connectivity index (χ4v) is 6.09. The summed E-state index contributed by atoms with van der Waals surface area (Å²) in [7, 11) is -4.28. The molecule has 2 N–H and O–H groups in total. The third-order valence-electron chi connectivity index (χ3n) is 5.44. The predicted molar refractivity (Wildman–Crippen MR) is 111 cm³/mol. The van der Waals surface area contributed by atoms with Gasteiger partial charge in [0.25, 0.3) is 5.91 Å². The normalized spacial score (nSPS) is 26.8. The average molecular weight is 458 g/mol. The van der Waals surface area contributed by atoms with Gasteiger partial charge in [-0.3, -0.25) is 20.1 Å². The minimum Gasteiger partial charge on any atom is -0.480 e. The molecule has 0 unspecified atom stereocenters. The number of anilines is 1. The predicted octanol–water partition coefficient (Wildman–Crippen LogP) is 0.917. The van der Waals surface area contributed by atoms with Crippen molar-refractivity contribution in [3.63, 3.8) is 0 Å². The van der Waals surface area contributed by atoms with Gasteiger partial charge in [-0.25, -0.2) is 18.0 Å². The molecule has 0 spiro atoms. The molecular formula is C20H18N4O7S. The number of nitrogens with one attached hydrogen (secondary N) is 1. The van der Waals surface area contributed by atoms with E-state index in [0.29, 0.717) is 11.4 Å². The first-order valence-corrected chi connectivity index (χ1v) is 11.0. The largest absolute Gasteiger partial charge is 0.480 e. The van der Waals surface area contributed by atoms with Crippen LogP contribution in [0.5, 0.6) is 0 Å². The van der Waals surface area contributed by atoms with Crippen LogP contribution in [-0.2, 0) is 24.2 Å². The number of ether oxygens (including phenoxy) is 1. The van der Waals surface area contributed by atoms with Crippen molar-refractivity contribution in [2.24, 2.45) is 0 Å². The zero-order chi connectivity index (χ0) is 23.1. The van der Waals surface area contributed by atoms with Gasteiger partial charge in [-0.05, 0) is 37.3 Å².